The van der Waals surface area contributed by atoms with E-state index in [0.717, 1.165) is 25.6 Å². The van der Waals surface area contributed by atoms with E-state index in [-0.39, 0.29) is 5.92 Å². The molecule has 2 unspecified atom stereocenters. The number of likely N-dealkylation sites (tertiary alicyclic amines) is 1. The number of Topliss-reactive ketones (excluding diaryl/α,β-unsaturated/α-hetero) is 1. The Balaban J connectivity index is 1.95. The van der Waals surface area contributed by atoms with Crippen molar-refractivity contribution in [3.63, 3.8) is 0 Å². The Kier molecular flexibility index (Phi) is 3.39. The van der Waals surface area contributed by atoms with Crippen molar-refractivity contribution in [3.05, 3.63) is 0 Å². The quantitative estimate of drug-likeness (QED) is 0.681. The Labute approximate surface area is 99.4 Å². The SMILES string of the molecule is CC1CN(C2CCCC(C)(C)C2)CCC1=O. The number of rotatable bonds is 1. The van der Waals surface area contributed by atoms with Crippen molar-refractivity contribution in [1.82, 2.24) is 4.90 Å². The highest BCUT2D eigenvalue weighted by molar-refractivity contribution is 5.81. The Bertz CT molecular complexity index is 272. The molecule has 0 bridgehead atoms. The molecule has 0 aromatic carbocycles. The van der Waals surface area contributed by atoms with E-state index in [0.29, 0.717) is 11.2 Å². The number of carbonyl (C=O) groups excluding carboxylic acids is 1. The molecular weight excluding hydrogens is 198 g/mol. The van der Waals surface area contributed by atoms with Crippen LogP contribution in [0.5, 0.6) is 0 Å². The summed E-state index contributed by atoms with van der Waals surface area (Å²) in [5.41, 5.74) is 0.508. The van der Waals surface area contributed by atoms with Crippen LogP contribution < -0.4 is 0 Å². The van der Waals surface area contributed by atoms with Gasteiger partial charge in [-0.15, -0.1) is 0 Å². The van der Waals surface area contributed by atoms with Gasteiger partial charge in [-0.3, -0.25) is 9.69 Å². The van der Waals surface area contributed by atoms with Crippen molar-refractivity contribution < 1.29 is 4.79 Å². The van der Waals surface area contributed by atoms with Crippen molar-refractivity contribution >= 4 is 5.78 Å². The van der Waals surface area contributed by atoms with E-state index in [1.165, 1.54) is 25.7 Å². The van der Waals surface area contributed by atoms with Crippen LogP contribution in [0.1, 0.15) is 52.9 Å². The minimum atomic E-state index is 0.263. The van der Waals surface area contributed by atoms with Crippen LogP contribution >= 0.6 is 0 Å². The van der Waals surface area contributed by atoms with Crippen molar-refractivity contribution in [1.29, 1.82) is 0 Å². The van der Waals surface area contributed by atoms with Crippen molar-refractivity contribution in [3.8, 4) is 0 Å². The third-order valence-electron chi connectivity index (χ3n) is 4.40. The van der Waals surface area contributed by atoms with Gasteiger partial charge >= 0.3 is 0 Å². The molecule has 2 rings (SSSR count). The molecule has 0 aromatic heterocycles. The molecule has 1 saturated carbocycles. The maximum Gasteiger partial charge on any atom is 0.138 e. The van der Waals surface area contributed by atoms with Gasteiger partial charge in [-0.05, 0) is 24.7 Å². The molecule has 16 heavy (non-hydrogen) atoms. The highest BCUT2D eigenvalue weighted by Crippen LogP contribution is 2.38. The van der Waals surface area contributed by atoms with Crippen molar-refractivity contribution in [2.45, 2.75) is 58.9 Å². The molecule has 92 valence electrons. The van der Waals surface area contributed by atoms with Crippen molar-refractivity contribution in [2.24, 2.45) is 11.3 Å². The fourth-order valence-corrected chi connectivity index (χ4v) is 3.35. The molecule has 0 amide bonds. The second-order valence-electron chi connectivity index (χ2n) is 6.53. The van der Waals surface area contributed by atoms with Gasteiger partial charge in [0.15, 0.2) is 0 Å². The van der Waals surface area contributed by atoms with E-state index in [1.54, 1.807) is 0 Å². The Morgan fingerprint density at radius 1 is 1.38 bits per heavy atom. The summed E-state index contributed by atoms with van der Waals surface area (Å²) in [4.78, 5) is 14.1. The fraction of sp³-hybridized carbons (Fsp3) is 0.929. The van der Waals surface area contributed by atoms with E-state index in [1.807, 2.05) is 0 Å². The summed E-state index contributed by atoms with van der Waals surface area (Å²) >= 11 is 0. The summed E-state index contributed by atoms with van der Waals surface area (Å²) in [5, 5.41) is 0. The largest absolute Gasteiger partial charge is 0.299 e. The zero-order valence-electron chi connectivity index (χ0n) is 11.0. The van der Waals surface area contributed by atoms with Gasteiger partial charge in [-0.25, -0.2) is 0 Å². The van der Waals surface area contributed by atoms with E-state index < -0.39 is 0 Å². The second kappa shape index (κ2) is 4.48. The summed E-state index contributed by atoms with van der Waals surface area (Å²) in [6, 6.07) is 0.735. The maximum atomic E-state index is 11.5. The minimum absolute atomic E-state index is 0.263. The van der Waals surface area contributed by atoms with Crippen LogP contribution in [0.25, 0.3) is 0 Å². The van der Waals surface area contributed by atoms with Gasteiger partial charge in [0, 0.05) is 31.5 Å². The first-order valence-corrected chi connectivity index (χ1v) is 6.75. The third kappa shape index (κ3) is 2.65. The zero-order valence-corrected chi connectivity index (χ0v) is 11.0. The van der Waals surface area contributed by atoms with Crippen LogP contribution in [0.3, 0.4) is 0 Å². The van der Waals surface area contributed by atoms with Crippen LogP contribution in [0.2, 0.25) is 0 Å². The summed E-state index contributed by atoms with van der Waals surface area (Å²) in [6.45, 7) is 8.86. The Morgan fingerprint density at radius 2 is 2.12 bits per heavy atom. The van der Waals surface area contributed by atoms with Crippen LogP contribution in [-0.4, -0.2) is 29.8 Å². The average molecular weight is 223 g/mol. The molecule has 0 aromatic rings. The Morgan fingerprint density at radius 3 is 2.75 bits per heavy atom. The lowest BCUT2D eigenvalue weighted by Crippen LogP contribution is -2.48. The average Bonchev–Trinajstić information content (AvgIpc) is 2.20. The van der Waals surface area contributed by atoms with Crippen LogP contribution in [0, 0.1) is 11.3 Å². The smallest absolute Gasteiger partial charge is 0.138 e. The lowest BCUT2D eigenvalue weighted by atomic mass is 9.74. The fourth-order valence-electron chi connectivity index (χ4n) is 3.35. The van der Waals surface area contributed by atoms with Gasteiger partial charge in [0.05, 0.1) is 0 Å². The third-order valence-corrected chi connectivity index (χ3v) is 4.40. The molecule has 2 atom stereocenters. The van der Waals surface area contributed by atoms with E-state index >= 15 is 0 Å². The van der Waals surface area contributed by atoms with Gasteiger partial charge in [-0.1, -0.05) is 27.2 Å². The van der Waals surface area contributed by atoms with Gasteiger partial charge < -0.3 is 0 Å². The molecule has 1 aliphatic heterocycles. The highest BCUT2D eigenvalue weighted by atomic mass is 16.1. The molecule has 2 aliphatic rings. The van der Waals surface area contributed by atoms with Gasteiger partial charge in [-0.2, -0.15) is 0 Å². The van der Waals surface area contributed by atoms with Gasteiger partial charge in [0.1, 0.15) is 5.78 Å². The van der Waals surface area contributed by atoms with Crippen LogP contribution in [-0.2, 0) is 4.79 Å². The van der Waals surface area contributed by atoms with Gasteiger partial charge in [0.2, 0.25) is 0 Å². The minimum Gasteiger partial charge on any atom is -0.299 e. The molecule has 0 N–H and O–H groups in total. The lowest BCUT2D eigenvalue weighted by molar-refractivity contribution is -0.126. The molecule has 2 fully saturated rings. The molecule has 1 aliphatic carbocycles. The zero-order chi connectivity index (χ0) is 11.8. The predicted octanol–water partition coefficient (Wildman–Crippen LogP) is 2.87. The van der Waals surface area contributed by atoms with Crippen molar-refractivity contribution in [2.75, 3.05) is 13.1 Å². The monoisotopic (exact) mass is 223 g/mol. The molecule has 1 heterocycles. The number of carbonyl (C=O) groups is 1. The first-order valence-electron chi connectivity index (χ1n) is 6.75. The first-order chi connectivity index (χ1) is 7.48. The predicted molar refractivity (Wildman–Crippen MR) is 66.4 cm³/mol. The topological polar surface area (TPSA) is 20.3 Å². The summed E-state index contributed by atoms with van der Waals surface area (Å²) in [5.74, 6) is 0.727. The lowest BCUT2D eigenvalue weighted by Gasteiger charge is -2.43. The number of ketones is 1. The molecule has 2 nitrogen and oxygen atoms in total. The van der Waals surface area contributed by atoms with Crippen LogP contribution in [0.15, 0.2) is 0 Å². The normalized spacial score (nSPS) is 36.3. The number of piperidine rings is 1. The molecule has 2 heteroatoms. The molecular formula is C14H25NO. The van der Waals surface area contributed by atoms with Gasteiger partial charge in [0.25, 0.3) is 0 Å². The van der Waals surface area contributed by atoms with E-state index in [9.17, 15) is 4.79 Å². The highest BCUT2D eigenvalue weighted by Gasteiger charge is 2.34. The Hall–Kier alpha value is -0.370. The maximum absolute atomic E-state index is 11.5. The number of hydrogen-bond acceptors (Lipinski definition) is 2. The molecule has 1 saturated heterocycles. The first kappa shape index (κ1) is 12.1. The van der Waals surface area contributed by atoms with Crippen LogP contribution in [0.4, 0.5) is 0 Å². The molecule has 0 spiro atoms. The number of hydrogen-bond donors (Lipinski definition) is 0. The van der Waals surface area contributed by atoms with E-state index in [4.69, 9.17) is 0 Å². The summed E-state index contributed by atoms with van der Waals surface area (Å²) in [7, 11) is 0. The number of nitrogens with zero attached hydrogens (tertiary/aromatic N) is 1. The summed E-state index contributed by atoms with van der Waals surface area (Å²) in [6.07, 6.45) is 6.15. The molecule has 0 radical (unpaired) electrons. The van der Waals surface area contributed by atoms with E-state index in [2.05, 4.69) is 25.7 Å². The standard InChI is InChI=1S/C14H25NO/c1-11-10-15(8-6-13(11)16)12-5-4-7-14(2,3)9-12/h11-12H,4-10H2,1-3H3. The summed E-state index contributed by atoms with van der Waals surface area (Å²) < 4.78 is 0. The second-order valence-corrected chi connectivity index (χ2v) is 6.53.